The summed E-state index contributed by atoms with van der Waals surface area (Å²) in [5.41, 5.74) is 1.17. The van der Waals surface area contributed by atoms with Crippen LogP contribution in [-0.4, -0.2) is 0 Å². The van der Waals surface area contributed by atoms with Crippen LogP contribution in [0.25, 0.3) is 0 Å². The van der Waals surface area contributed by atoms with Gasteiger partial charge in [0.15, 0.2) is 0 Å². The first kappa shape index (κ1) is 29.0. The highest BCUT2D eigenvalue weighted by Gasteiger charge is 2.52. The second-order valence-corrected chi connectivity index (χ2v) is 13.2. The summed E-state index contributed by atoms with van der Waals surface area (Å²) < 4.78 is 0. The van der Waals surface area contributed by atoms with E-state index in [0.29, 0.717) is 10.8 Å². The van der Waals surface area contributed by atoms with Crippen molar-refractivity contribution >= 4 is 0 Å². The molecule has 8 unspecified atom stereocenters. The maximum Gasteiger partial charge on any atom is -0.0269 e. The van der Waals surface area contributed by atoms with Gasteiger partial charge in [-0.25, -0.2) is 0 Å². The molecule has 1 rings (SSSR count). The van der Waals surface area contributed by atoms with Crippen molar-refractivity contribution in [3.05, 3.63) is 0 Å². The zero-order valence-corrected chi connectivity index (χ0v) is 23.8. The van der Waals surface area contributed by atoms with E-state index in [4.69, 9.17) is 0 Å². The molecule has 1 aliphatic carbocycles. The fourth-order valence-electron chi connectivity index (χ4n) is 6.39. The average Bonchev–Trinajstić information content (AvgIpc) is 3.39. The second kappa shape index (κ2) is 13.0. The van der Waals surface area contributed by atoms with Gasteiger partial charge in [0.25, 0.3) is 0 Å². The fourth-order valence-corrected chi connectivity index (χ4v) is 6.39. The van der Waals surface area contributed by atoms with Gasteiger partial charge in [0.05, 0.1) is 0 Å². The third-order valence-corrected chi connectivity index (χ3v) is 10.7. The van der Waals surface area contributed by atoms with Crippen molar-refractivity contribution in [2.24, 2.45) is 52.3 Å². The predicted molar refractivity (Wildman–Crippen MR) is 142 cm³/mol. The van der Waals surface area contributed by atoms with Crippen molar-refractivity contribution in [3.8, 4) is 0 Å². The largest absolute Gasteiger partial charge is 0.0654 e. The molecule has 8 atom stereocenters. The van der Waals surface area contributed by atoms with Crippen LogP contribution in [0.15, 0.2) is 0 Å². The average molecular weight is 435 g/mol. The van der Waals surface area contributed by atoms with Gasteiger partial charge < -0.3 is 0 Å². The van der Waals surface area contributed by atoms with E-state index in [-0.39, 0.29) is 0 Å². The van der Waals surface area contributed by atoms with Crippen LogP contribution in [0.4, 0.5) is 0 Å². The summed E-state index contributed by atoms with van der Waals surface area (Å²) in [5.74, 6) is 6.33. The lowest BCUT2D eigenvalue weighted by Gasteiger charge is -2.33. The lowest BCUT2D eigenvalue weighted by Crippen LogP contribution is -2.22. The number of hydrogen-bond acceptors (Lipinski definition) is 0. The standard InChI is InChI=1S/C31H62/c1-12-16-29-22-31(29,11)26(7)21-23(4)19-20-24(5)27(8)28(13-2)18-15-17-25(6)30(9,10)14-3/h23-29H,12-22H2,1-11H3. The predicted octanol–water partition coefficient (Wildman–Crippen LogP) is 10.8. The van der Waals surface area contributed by atoms with Crippen LogP contribution in [0.2, 0.25) is 0 Å². The summed E-state index contributed by atoms with van der Waals surface area (Å²) in [4.78, 5) is 0. The van der Waals surface area contributed by atoms with Crippen molar-refractivity contribution in [1.29, 1.82) is 0 Å². The van der Waals surface area contributed by atoms with Crippen LogP contribution in [0.3, 0.4) is 0 Å². The Labute approximate surface area is 199 Å². The molecule has 0 nitrogen and oxygen atoms in total. The molecule has 0 radical (unpaired) electrons. The maximum absolute atomic E-state index is 2.57. The van der Waals surface area contributed by atoms with Crippen LogP contribution >= 0.6 is 0 Å². The monoisotopic (exact) mass is 434 g/mol. The van der Waals surface area contributed by atoms with Crippen LogP contribution in [0, 0.1) is 52.3 Å². The Bertz CT molecular complexity index is 476. The van der Waals surface area contributed by atoms with Crippen molar-refractivity contribution in [2.45, 2.75) is 147 Å². The Morgan fingerprint density at radius 2 is 1.55 bits per heavy atom. The smallest absolute Gasteiger partial charge is 0.0269 e. The fraction of sp³-hybridized carbons (Fsp3) is 1.00. The third kappa shape index (κ3) is 8.70. The minimum absolute atomic E-state index is 0.502. The van der Waals surface area contributed by atoms with E-state index in [1.807, 2.05) is 0 Å². The van der Waals surface area contributed by atoms with Gasteiger partial charge in [0.2, 0.25) is 0 Å². The number of rotatable bonds is 17. The molecule has 31 heavy (non-hydrogen) atoms. The van der Waals surface area contributed by atoms with Gasteiger partial charge in [-0.2, -0.15) is 0 Å². The Morgan fingerprint density at radius 1 is 0.903 bits per heavy atom. The number of hydrogen-bond donors (Lipinski definition) is 0. The molecule has 1 aliphatic rings. The normalized spacial score (nSPS) is 27.4. The molecule has 0 amide bonds. The Balaban J connectivity index is 2.37. The molecular weight excluding hydrogens is 372 g/mol. The van der Waals surface area contributed by atoms with Gasteiger partial charge in [0.1, 0.15) is 0 Å². The molecule has 0 aromatic heterocycles. The molecule has 0 heterocycles. The molecule has 1 fully saturated rings. The van der Waals surface area contributed by atoms with E-state index in [1.54, 1.807) is 0 Å². The topological polar surface area (TPSA) is 0 Å². The molecule has 0 N–H and O–H groups in total. The third-order valence-electron chi connectivity index (χ3n) is 10.7. The summed E-state index contributed by atoms with van der Waals surface area (Å²) in [6.45, 7) is 27.3. The van der Waals surface area contributed by atoms with E-state index in [2.05, 4.69) is 76.2 Å². The van der Waals surface area contributed by atoms with Gasteiger partial charge in [-0.1, -0.05) is 134 Å². The van der Waals surface area contributed by atoms with Crippen molar-refractivity contribution in [2.75, 3.05) is 0 Å². The van der Waals surface area contributed by atoms with E-state index in [0.717, 1.165) is 41.4 Å². The van der Waals surface area contributed by atoms with Gasteiger partial charge in [-0.15, -0.1) is 0 Å². The molecule has 0 aromatic rings. The summed E-state index contributed by atoms with van der Waals surface area (Å²) in [7, 11) is 0. The highest BCUT2D eigenvalue weighted by molar-refractivity contribution is 5.01. The van der Waals surface area contributed by atoms with Gasteiger partial charge in [-0.3, -0.25) is 0 Å². The van der Waals surface area contributed by atoms with Crippen molar-refractivity contribution in [1.82, 2.24) is 0 Å². The van der Waals surface area contributed by atoms with Crippen molar-refractivity contribution < 1.29 is 0 Å². The summed E-state index contributed by atoms with van der Waals surface area (Å²) in [5, 5.41) is 0. The molecule has 0 aliphatic heterocycles. The molecule has 0 spiro atoms. The zero-order valence-electron chi connectivity index (χ0n) is 23.8. The van der Waals surface area contributed by atoms with Crippen LogP contribution in [-0.2, 0) is 0 Å². The molecule has 1 saturated carbocycles. The highest BCUT2D eigenvalue weighted by atomic mass is 14.6. The summed E-state index contributed by atoms with van der Waals surface area (Å²) in [6, 6.07) is 0. The first-order valence-corrected chi connectivity index (χ1v) is 14.4. The van der Waals surface area contributed by atoms with Crippen LogP contribution in [0.5, 0.6) is 0 Å². The molecular formula is C31H62. The van der Waals surface area contributed by atoms with Crippen molar-refractivity contribution in [3.63, 3.8) is 0 Å². The van der Waals surface area contributed by atoms with E-state index >= 15 is 0 Å². The first-order chi connectivity index (χ1) is 14.4. The van der Waals surface area contributed by atoms with E-state index < -0.39 is 0 Å². The molecule has 186 valence electrons. The van der Waals surface area contributed by atoms with Crippen LogP contribution < -0.4 is 0 Å². The Hall–Kier alpha value is 0. The van der Waals surface area contributed by atoms with E-state index in [9.17, 15) is 0 Å². The zero-order chi connectivity index (χ0) is 23.8. The molecule has 0 heteroatoms. The lowest BCUT2D eigenvalue weighted by molar-refractivity contribution is 0.181. The SMILES string of the molecule is CCCC1CC1(C)C(C)CC(C)CCC(C)C(C)C(CC)CCCC(C)C(C)(C)CC. The van der Waals surface area contributed by atoms with E-state index in [1.165, 1.54) is 70.6 Å². The lowest BCUT2D eigenvalue weighted by atomic mass is 9.73. The molecule has 0 aromatic carbocycles. The Morgan fingerprint density at radius 3 is 2.10 bits per heavy atom. The van der Waals surface area contributed by atoms with Gasteiger partial charge in [0, 0.05) is 0 Å². The van der Waals surface area contributed by atoms with Gasteiger partial charge in [-0.05, 0) is 65.1 Å². The molecule has 0 saturated heterocycles. The van der Waals surface area contributed by atoms with Gasteiger partial charge >= 0.3 is 0 Å². The Kier molecular flexibility index (Phi) is 12.2. The highest BCUT2D eigenvalue weighted by Crippen LogP contribution is 2.60. The summed E-state index contributed by atoms with van der Waals surface area (Å²) >= 11 is 0. The maximum atomic E-state index is 2.57. The summed E-state index contributed by atoms with van der Waals surface area (Å²) in [6.07, 6.45) is 15.6. The minimum atomic E-state index is 0.502. The second-order valence-electron chi connectivity index (χ2n) is 13.2. The van der Waals surface area contributed by atoms with Crippen LogP contribution in [0.1, 0.15) is 147 Å². The first-order valence-electron chi connectivity index (χ1n) is 14.4. The molecule has 0 bridgehead atoms. The quantitative estimate of drug-likeness (QED) is 0.213. The minimum Gasteiger partial charge on any atom is -0.0654 e.